The predicted molar refractivity (Wildman–Crippen MR) is 83.0 cm³/mol. The summed E-state index contributed by atoms with van der Waals surface area (Å²) in [4.78, 5) is 0. The van der Waals surface area contributed by atoms with Crippen molar-refractivity contribution in [3.8, 4) is 0 Å². The maximum atomic E-state index is 12.7. The molecule has 1 aliphatic heterocycles. The molecule has 5 nitrogen and oxygen atoms in total. The van der Waals surface area contributed by atoms with Gasteiger partial charge in [-0.25, -0.2) is 8.42 Å². The Hall–Kier alpha value is -0.470. The SMILES string of the molecule is CCC1CN(S(=O)(=O)c2cc(CNC3CC3)cs2)CCO1. The van der Waals surface area contributed by atoms with Crippen LogP contribution in [0.5, 0.6) is 0 Å². The third-order valence-electron chi connectivity index (χ3n) is 3.95. The normalized spacial score (nSPS) is 24.3. The van der Waals surface area contributed by atoms with E-state index in [1.807, 2.05) is 18.4 Å². The molecule has 2 heterocycles. The van der Waals surface area contributed by atoms with E-state index in [0.717, 1.165) is 18.5 Å². The van der Waals surface area contributed by atoms with Crippen LogP contribution in [0.2, 0.25) is 0 Å². The van der Waals surface area contributed by atoms with Crippen molar-refractivity contribution in [1.29, 1.82) is 0 Å². The molecule has 2 fully saturated rings. The zero-order valence-electron chi connectivity index (χ0n) is 12.2. The molecule has 1 saturated carbocycles. The predicted octanol–water partition coefficient (Wildman–Crippen LogP) is 1.80. The summed E-state index contributed by atoms with van der Waals surface area (Å²) in [6.07, 6.45) is 3.33. The van der Waals surface area contributed by atoms with Crippen LogP contribution in [0.15, 0.2) is 15.7 Å². The topological polar surface area (TPSA) is 58.6 Å². The van der Waals surface area contributed by atoms with Gasteiger partial charge in [-0.1, -0.05) is 6.92 Å². The summed E-state index contributed by atoms with van der Waals surface area (Å²) in [5, 5.41) is 5.36. The lowest BCUT2D eigenvalue weighted by atomic mass is 10.2. The Kier molecular flexibility index (Phi) is 4.66. The fraction of sp³-hybridized carbons (Fsp3) is 0.714. The molecule has 21 heavy (non-hydrogen) atoms. The van der Waals surface area contributed by atoms with Crippen LogP contribution < -0.4 is 5.32 Å². The third-order valence-corrected chi connectivity index (χ3v) is 7.28. The highest BCUT2D eigenvalue weighted by Gasteiger charge is 2.31. The van der Waals surface area contributed by atoms with Gasteiger partial charge in [0.15, 0.2) is 0 Å². The number of rotatable bonds is 6. The standard InChI is InChI=1S/C14H22N2O3S2/c1-2-13-9-16(5-6-19-13)21(17,18)14-7-11(10-20-14)8-15-12-3-4-12/h7,10,12-13,15H,2-6,8-9H2,1H3. The highest BCUT2D eigenvalue weighted by atomic mass is 32.2. The van der Waals surface area contributed by atoms with Crippen LogP contribution in [-0.2, 0) is 21.3 Å². The Balaban J connectivity index is 1.68. The smallest absolute Gasteiger partial charge is 0.252 e. The molecule has 0 spiro atoms. The number of thiophene rings is 1. The van der Waals surface area contributed by atoms with Gasteiger partial charge in [-0.15, -0.1) is 11.3 Å². The third kappa shape index (κ3) is 3.65. The van der Waals surface area contributed by atoms with Crippen LogP contribution in [0.3, 0.4) is 0 Å². The molecule has 1 aliphatic carbocycles. The van der Waals surface area contributed by atoms with E-state index in [1.54, 1.807) is 4.31 Å². The molecular formula is C14H22N2O3S2. The summed E-state index contributed by atoms with van der Waals surface area (Å²) in [7, 11) is -3.36. The fourth-order valence-electron chi connectivity index (χ4n) is 2.42. The first-order valence-corrected chi connectivity index (χ1v) is 9.84. The van der Waals surface area contributed by atoms with Crippen LogP contribution in [0, 0.1) is 0 Å². The summed E-state index contributed by atoms with van der Waals surface area (Å²) in [5.41, 5.74) is 1.06. The first-order valence-electron chi connectivity index (χ1n) is 7.52. The second-order valence-corrected chi connectivity index (χ2v) is 8.77. The Labute approximate surface area is 130 Å². The van der Waals surface area contributed by atoms with Gasteiger partial charge in [0, 0.05) is 25.7 Å². The van der Waals surface area contributed by atoms with Crippen LogP contribution in [0.25, 0.3) is 0 Å². The van der Waals surface area contributed by atoms with Gasteiger partial charge >= 0.3 is 0 Å². The van der Waals surface area contributed by atoms with Crippen molar-refractivity contribution >= 4 is 21.4 Å². The lowest BCUT2D eigenvalue weighted by Gasteiger charge is -2.31. The van der Waals surface area contributed by atoms with E-state index in [1.165, 1.54) is 24.2 Å². The number of hydrogen-bond donors (Lipinski definition) is 1. The molecule has 1 aromatic heterocycles. The number of hydrogen-bond acceptors (Lipinski definition) is 5. The number of sulfonamides is 1. The minimum absolute atomic E-state index is 0.0180. The van der Waals surface area contributed by atoms with Gasteiger partial charge in [-0.3, -0.25) is 0 Å². The molecule has 1 atom stereocenters. The zero-order valence-corrected chi connectivity index (χ0v) is 13.9. The van der Waals surface area contributed by atoms with Gasteiger partial charge < -0.3 is 10.1 Å². The lowest BCUT2D eigenvalue weighted by Crippen LogP contribution is -2.45. The van der Waals surface area contributed by atoms with E-state index < -0.39 is 10.0 Å². The van der Waals surface area contributed by atoms with Gasteiger partial charge in [-0.2, -0.15) is 4.31 Å². The monoisotopic (exact) mass is 330 g/mol. The fourth-order valence-corrected chi connectivity index (χ4v) is 5.23. The van der Waals surface area contributed by atoms with Crippen LogP contribution in [0.4, 0.5) is 0 Å². The zero-order chi connectivity index (χ0) is 14.9. The Morgan fingerprint density at radius 2 is 2.29 bits per heavy atom. The first kappa shape index (κ1) is 15.4. The van der Waals surface area contributed by atoms with E-state index in [0.29, 0.717) is 29.9 Å². The Bertz CT molecular complexity index is 581. The van der Waals surface area contributed by atoms with Gasteiger partial charge in [0.25, 0.3) is 10.0 Å². The van der Waals surface area contributed by atoms with Crippen molar-refractivity contribution in [1.82, 2.24) is 9.62 Å². The Morgan fingerprint density at radius 1 is 1.48 bits per heavy atom. The summed E-state index contributed by atoms with van der Waals surface area (Å²) < 4.78 is 32.9. The summed E-state index contributed by atoms with van der Waals surface area (Å²) in [6.45, 7) is 4.18. The van der Waals surface area contributed by atoms with Crippen molar-refractivity contribution < 1.29 is 13.2 Å². The van der Waals surface area contributed by atoms with Gasteiger partial charge in [0.1, 0.15) is 4.21 Å². The van der Waals surface area contributed by atoms with E-state index in [-0.39, 0.29) is 6.10 Å². The summed E-state index contributed by atoms with van der Waals surface area (Å²) >= 11 is 1.32. The molecule has 1 saturated heterocycles. The highest BCUT2D eigenvalue weighted by Crippen LogP contribution is 2.26. The molecule has 0 amide bonds. The molecule has 118 valence electrons. The molecule has 1 aromatic rings. The molecule has 2 aliphatic rings. The van der Waals surface area contributed by atoms with Crippen molar-refractivity contribution in [2.45, 2.75) is 49.1 Å². The van der Waals surface area contributed by atoms with Crippen molar-refractivity contribution in [3.05, 3.63) is 17.0 Å². The van der Waals surface area contributed by atoms with Gasteiger partial charge in [0.05, 0.1) is 12.7 Å². The first-order chi connectivity index (χ1) is 10.1. The lowest BCUT2D eigenvalue weighted by molar-refractivity contribution is -0.00272. The van der Waals surface area contributed by atoms with Crippen LogP contribution in [-0.4, -0.2) is 44.6 Å². The quantitative estimate of drug-likeness (QED) is 0.864. The van der Waals surface area contributed by atoms with E-state index >= 15 is 0 Å². The average Bonchev–Trinajstić information content (AvgIpc) is 3.21. The van der Waals surface area contributed by atoms with Crippen molar-refractivity contribution in [2.75, 3.05) is 19.7 Å². The second kappa shape index (κ2) is 6.34. The van der Waals surface area contributed by atoms with Crippen LogP contribution >= 0.6 is 11.3 Å². The Morgan fingerprint density at radius 3 is 3.00 bits per heavy atom. The largest absolute Gasteiger partial charge is 0.375 e. The molecule has 0 aromatic carbocycles. The maximum Gasteiger partial charge on any atom is 0.252 e. The van der Waals surface area contributed by atoms with E-state index in [9.17, 15) is 8.42 Å². The number of nitrogens with one attached hydrogen (secondary N) is 1. The average molecular weight is 330 g/mol. The number of morpholine rings is 1. The van der Waals surface area contributed by atoms with Gasteiger partial charge in [-0.05, 0) is 36.3 Å². The minimum atomic E-state index is -3.36. The number of ether oxygens (including phenoxy) is 1. The molecule has 0 radical (unpaired) electrons. The molecule has 7 heteroatoms. The molecule has 3 rings (SSSR count). The molecule has 0 bridgehead atoms. The number of nitrogens with zero attached hydrogens (tertiary/aromatic N) is 1. The molecular weight excluding hydrogens is 308 g/mol. The highest BCUT2D eigenvalue weighted by molar-refractivity contribution is 7.91. The maximum absolute atomic E-state index is 12.7. The van der Waals surface area contributed by atoms with Crippen molar-refractivity contribution in [3.63, 3.8) is 0 Å². The second-order valence-electron chi connectivity index (χ2n) is 5.69. The molecule has 1 N–H and O–H groups in total. The minimum Gasteiger partial charge on any atom is -0.375 e. The van der Waals surface area contributed by atoms with Crippen LogP contribution in [0.1, 0.15) is 31.7 Å². The van der Waals surface area contributed by atoms with E-state index in [4.69, 9.17) is 4.74 Å². The summed E-state index contributed by atoms with van der Waals surface area (Å²) in [5.74, 6) is 0. The molecule has 1 unspecified atom stereocenters. The summed E-state index contributed by atoms with van der Waals surface area (Å²) in [6, 6.07) is 2.45. The van der Waals surface area contributed by atoms with Crippen molar-refractivity contribution in [2.24, 2.45) is 0 Å². The van der Waals surface area contributed by atoms with E-state index in [2.05, 4.69) is 5.32 Å². The van der Waals surface area contributed by atoms with Gasteiger partial charge in [0.2, 0.25) is 0 Å².